The van der Waals surface area contributed by atoms with Crippen LogP contribution in [0.4, 0.5) is 4.39 Å². The number of hydrogen-bond acceptors (Lipinski definition) is 2. The van der Waals surface area contributed by atoms with Gasteiger partial charge in [-0.3, -0.25) is 10.4 Å². The Morgan fingerprint density at radius 3 is 2.94 bits per heavy atom. The van der Waals surface area contributed by atoms with Crippen LogP contribution >= 0.6 is 0 Å². The summed E-state index contributed by atoms with van der Waals surface area (Å²) in [5.74, 6) is 5.73. The molecule has 0 aliphatic carbocycles. The van der Waals surface area contributed by atoms with Crippen molar-refractivity contribution in [1.82, 2.24) is 10.7 Å². The van der Waals surface area contributed by atoms with Crippen molar-refractivity contribution in [3.05, 3.63) is 35.6 Å². The predicted molar refractivity (Wildman–Crippen MR) is 72.6 cm³/mol. The molecule has 5 heteroatoms. The summed E-state index contributed by atoms with van der Waals surface area (Å²) in [7, 11) is 0. The number of hydrazine groups is 1. The molecule has 0 unspecified atom stereocenters. The summed E-state index contributed by atoms with van der Waals surface area (Å²) in [6.45, 7) is 3.53. The molecular weight excluding hydrogens is 231 g/mol. The Hall–Kier alpha value is -1.62. The topological polar surface area (TPSA) is 62.4 Å². The molecule has 0 aromatic heterocycles. The van der Waals surface area contributed by atoms with E-state index in [1.165, 1.54) is 12.1 Å². The van der Waals surface area contributed by atoms with Crippen LogP contribution in [0.2, 0.25) is 0 Å². The Labute approximate surface area is 107 Å². The van der Waals surface area contributed by atoms with E-state index in [1.807, 2.05) is 6.07 Å². The normalized spacial score (nSPS) is 11.4. The second kappa shape index (κ2) is 8.47. The van der Waals surface area contributed by atoms with Crippen molar-refractivity contribution >= 4 is 5.96 Å². The summed E-state index contributed by atoms with van der Waals surface area (Å²) in [4.78, 5) is 4.28. The minimum absolute atomic E-state index is 0.207. The van der Waals surface area contributed by atoms with Gasteiger partial charge < -0.3 is 5.32 Å². The lowest BCUT2D eigenvalue weighted by atomic mass is 10.1. The minimum atomic E-state index is -0.207. The molecule has 4 nitrogen and oxygen atoms in total. The average Bonchev–Trinajstić information content (AvgIpc) is 2.37. The van der Waals surface area contributed by atoms with Crippen LogP contribution in [0, 0.1) is 5.82 Å². The molecule has 18 heavy (non-hydrogen) atoms. The van der Waals surface area contributed by atoms with Crippen LogP contribution in [0.1, 0.15) is 25.3 Å². The zero-order chi connectivity index (χ0) is 13.2. The van der Waals surface area contributed by atoms with Crippen molar-refractivity contribution in [3.8, 4) is 0 Å². The number of rotatable bonds is 6. The van der Waals surface area contributed by atoms with Crippen LogP contribution in [0.25, 0.3) is 0 Å². The van der Waals surface area contributed by atoms with E-state index in [0.29, 0.717) is 12.5 Å². The standard InChI is InChI=1S/C13H21FN4/c1-2-3-8-16-13(18-15)17-9-7-11-5-4-6-12(14)10-11/h4-6,10H,2-3,7-9,15H2,1H3,(H2,16,17,18). The summed E-state index contributed by atoms with van der Waals surface area (Å²) in [6, 6.07) is 6.58. The molecular formula is C13H21FN4. The van der Waals surface area contributed by atoms with Crippen molar-refractivity contribution in [2.75, 3.05) is 13.1 Å². The zero-order valence-corrected chi connectivity index (χ0v) is 10.7. The molecule has 4 N–H and O–H groups in total. The van der Waals surface area contributed by atoms with Gasteiger partial charge in [-0.15, -0.1) is 0 Å². The summed E-state index contributed by atoms with van der Waals surface area (Å²) in [5, 5.41) is 3.09. The van der Waals surface area contributed by atoms with Gasteiger partial charge in [-0.1, -0.05) is 25.5 Å². The summed E-state index contributed by atoms with van der Waals surface area (Å²) >= 11 is 0. The lowest BCUT2D eigenvalue weighted by molar-refractivity contribution is 0.625. The molecule has 1 aromatic carbocycles. The van der Waals surface area contributed by atoms with E-state index in [0.717, 1.165) is 31.4 Å². The van der Waals surface area contributed by atoms with Gasteiger partial charge >= 0.3 is 0 Å². The van der Waals surface area contributed by atoms with Crippen molar-refractivity contribution in [2.24, 2.45) is 10.8 Å². The van der Waals surface area contributed by atoms with Crippen LogP contribution in [-0.4, -0.2) is 19.0 Å². The fraction of sp³-hybridized carbons (Fsp3) is 0.462. The Morgan fingerprint density at radius 1 is 1.44 bits per heavy atom. The van der Waals surface area contributed by atoms with Crippen LogP contribution in [0.5, 0.6) is 0 Å². The first-order valence-electron chi connectivity index (χ1n) is 6.25. The van der Waals surface area contributed by atoms with E-state index in [1.54, 1.807) is 6.07 Å². The number of nitrogens with zero attached hydrogens (tertiary/aromatic N) is 1. The molecule has 0 saturated heterocycles. The zero-order valence-electron chi connectivity index (χ0n) is 10.7. The molecule has 0 aliphatic rings. The maximum Gasteiger partial charge on any atom is 0.205 e. The van der Waals surface area contributed by atoms with Gasteiger partial charge in [-0.05, 0) is 30.5 Å². The van der Waals surface area contributed by atoms with Crippen LogP contribution < -0.4 is 16.6 Å². The molecule has 0 aliphatic heterocycles. The monoisotopic (exact) mass is 252 g/mol. The number of benzene rings is 1. The molecule has 0 atom stereocenters. The van der Waals surface area contributed by atoms with E-state index in [2.05, 4.69) is 22.7 Å². The molecule has 0 spiro atoms. The lowest BCUT2D eigenvalue weighted by Gasteiger charge is -2.09. The third-order valence-electron chi connectivity index (χ3n) is 2.51. The predicted octanol–water partition coefficient (Wildman–Crippen LogP) is 1.58. The van der Waals surface area contributed by atoms with Crippen molar-refractivity contribution < 1.29 is 4.39 Å². The van der Waals surface area contributed by atoms with Gasteiger partial charge in [0.1, 0.15) is 5.82 Å². The first-order chi connectivity index (χ1) is 8.76. The maximum absolute atomic E-state index is 12.9. The number of guanidine groups is 1. The van der Waals surface area contributed by atoms with Crippen LogP contribution in [0.3, 0.4) is 0 Å². The summed E-state index contributed by atoms with van der Waals surface area (Å²) in [5.41, 5.74) is 3.47. The lowest BCUT2D eigenvalue weighted by Crippen LogP contribution is -2.42. The fourth-order valence-electron chi connectivity index (χ4n) is 1.52. The highest BCUT2D eigenvalue weighted by Gasteiger charge is 1.97. The van der Waals surface area contributed by atoms with Gasteiger partial charge in [-0.25, -0.2) is 10.2 Å². The largest absolute Gasteiger partial charge is 0.355 e. The quantitative estimate of drug-likeness (QED) is 0.237. The molecule has 0 bridgehead atoms. The summed E-state index contributed by atoms with van der Waals surface area (Å²) in [6.07, 6.45) is 2.87. The highest BCUT2D eigenvalue weighted by Crippen LogP contribution is 2.03. The fourth-order valence-corrected chi connectivity index (χ4v) is 1.52. The Morgan fingerprint density at radius 2 is 2.28 bits per heavy atom. The molecule has 0 fully saturated rings. The second-order valence-electron chi connectivity index (χ2n) is 4.03. The molecule has 100 valence electrons. The first-order valence-corrected chi connectivity index (χ1v) is 6.25. The van der Waals surface area contributed by atoms with E-state index >= 15 is 0 Å². The number of unbranched alkanes of at least 4 members (excludes halogenated alkanes) is 1. The van der Waals surface area contributed by atoms with Crippen LogP contribution in [0.15, 0.2) is 29.3 Å². The maximum atomic E-state index is 12.9. The molecule has 0 heterocycles. The number of aliphatic imine (C=N–C) groups is 1. The highest BCUT2D eigenvalue weighted by atomic mass is 19.1. The molecule has 0 saturated carbocycles. The molecule has 1 aromatic rings. The van der Waals surface area contributed by atoms with E-state index in [9.17, 15) is 4.39 Å². The highest BCUT2D eigenvalue weighted by molar-refractivity contribution is 5.79. The third kappa shape index (κ3) is 5.63. The Kier molecular flexibility index (Phi) is 6.79. The van der Waals surface area contributed by atoms with Gasteiger partial charge in [0.05, 0.1) is 0 Å². The van der Waals surface area contributed by atoms with Gasteiger partial charge in [0, 0.05) is 13.1 Å². The third-order valence-corrected chi connectivity index (χ3v) is 2.51. The van der Waals surface area contributed by atoms with E-state index in [-0.39, 0.29) is 5.82 Å². The molecule has 0 amide bonds. The smallest absolute Gasteiger partial charge is 0.205 e. The first kappa shape index (κ1) is 14.4. The van der Waals surface area contributed by atoms with E-state index < -0.39 is 0 Å². The molecule has 0 radical (unpaired) electrons. The number of halogens is 1. The second-order valence-corrected chi connectivity index (χ2v) is 4.03. The number of nitrogens with two attached hydrogens (primary N) is 1. The Bertz CT molecular complexity index is 379. The number of hydrogen-bond donors (Lipinski definition) is 3. The van der Waals surface area contributed by atoms with Gasteiger partial charge in [0.25, 0.3) is 0 Å². The Balaban J connectivity index is 2.33. The van der Waals surface area contributed by atoms with E-state index in [4.69, 9.17) is 5.84 Å². The SMILES string of the molecule is CCCCN=C(NN)NCCc1cccc(F)c1. The number of nitrogens with one attached hydrogen (secondary N) is 2. The van der Waals surface area contributed by atoms with Gasteiger partial charge in [0.15, 0.2) is 0 Å². The molecule has 1 rings (SSSR count). The van der Waals surface area contributed by atoms with Gasteiger partial charge in [0.2, 0.25) is 5.96 Å². The van der Waals surface area contributed by atoms with Gasteiger partial charge in [-0.2, -0.15) is 0 Å². The van der Waals surface area contributed by atoms with Crippen molar-refractivity contribution in [1.29, 1.82) is 0 Å². The average molecular weight is 252 g/mol. The van der Waals surface area contributed by atoms with Crippen molar-refractivity contribution in [2.45, 2.75) is 26.2 Å². The van der Waals surface area contributed by atoms with Crippen LogP contribution in [-0.2, 0) is 6.42 Å². The van der Waals surface area contributed by atoms with Crippen molar-refractivity contribution in [3.63, 3.8) is 0 Å². The summed E-state index contributed by atoms with van der Waals surface area (Å²) < 4.78 is 12.9. The minimum Gasteiger partial charge on any atom is -0.355 e.